The molecule has 136 valence electrons. The van der Waals surface area contributed by atoms with E-state index in [2.05, 4.69) is 10.2 Å². The zero-order valence-corrected chi connectivity index (χ0v) is 15.4. The maximum absolute atomic E-state index is 13.1. The van der Waals surface area contributed by atoms with Crippen molar-refractivity contribution in [3.05, 3.63) is 64.7 Å². The Hall–Kier alpha value is -2.45. The number of thioether (sulfide) groups is 1. The highest BCUT2D eigenvalue weighted by Gasteiger charge is 2.12. The summed E-state index contributed by atoms with van der Waals surface area (Å²) in [6.45, 7) is 0.161. The number of rotatable bonds is 7. The van der Waals surface area contributed by atoms with Crippen molar-refractivity contribution in [2.75, 3.05) is 13.0 Å². The topological polar surface area (TPSA) is 75.2 Å². The lowest BCUT2D eigenvalue weighted by Gasteiger charge is -2.08. The molecule has 0 aliphatic heterocycles. The smallest absolute Gasteiger partial charge is 0.210 e. The van der Waals surface area contributed by atoms with Crippen molar-refractivity contribution in [2.45, 2.75) is 17.5 Å². The molecule has 2 aromatic carbocycles. The molecule has 1 heterocycles. The molecule has 1 aromatic heterocycles. The average molecular weight is 395 g/mol. The van der Waals surface area contributed by atoms with E-state index < -0.39 is 0 Å². The van der Waals surface area contributed by atoms with Crippen LogP contribution in [-0.4, -0.2) is 22.0 Å². The van der Waals surface area contributed by atoms with Gasteiger partial charge < -0.3 is 15.3 Å². The maximum atomic E-state index is 13.1. The van der Waals surface area contributed by atoms with Gasteiger partial charge in [-0.05, 0) is 29.8 Å². The molecule has 6 nitrogen and oxygen atoms in total. The fourth-order valence-corrected chi connectivity index (χ4v) is 3.32. The van der Waals surface area contributed by atoms with E-state index in [1.807, 2.05) is 18.2 Å². The second kappa shape index (κ2) is 8.29. The van der Waals surface area contributed by atoms with Crippen molar-refractivity contribution >= 4 is 23.4 Å². The molecule has 0 fully saturated rings. The number of nitrogens with two attached hydrogens (primary N) is 1. The fraction of sp³-hybridized carbons (Fsp3) is 0.176. The van der Waals surface area contributed by atoms with Crippen LogP contribution < -0.4 is 15.3 Å². The predicted octanol–water partition coefficient (Wildman–Crippen LogP) is 3.66. The second-order valence-corrected chi connectivity index (χ2v) is 6.61. The van der Waals surface area contributed by atoms with Crippen molar-refractivity contribution in [1.29, 1.82) is 0 Å². The molecule has 0 atom stereocenters. The van der Waals surface area contributed by atoms with E-state index in [9.17, 15) is 4.39 Å². The first-order chi connectivity index (χ1) is 12.6. The molecular formula is C17H16ClFN4O2S. The lowest BCUT2D eigenvalue weighted by molar-refractivity contribution is 0.289. The Labute approximate surface area is 159 Å². The molecule has 26 heavy (non-hydrogen) atoms. The van der Waals surface area contributed by atoms with Crippen LogP contribution in [0.25, 0.3) is 0 Å². The highest BCUT2D eigenvalue weighted by Crippen LogP contribution is 2.26. The van der Waals surface area contributed by atoms with E-state index in [1.54, 1.807) is 19.2 Å². The Morgan fingerprint density at radius 1 is 1.19 bits per heavy atom. The van der Waals surface area contributed by atoms with E-state index in [0.29, 0.717) is 33.3 Å². The van der Waals surface area contributed by atoms with Crippen LogP contribution in [0, 0.1) is 5.82 Å². The molecule has 0 saturated carbocycles. The number of aromatic nitrogens is 3. The van der Waals surface area contributed by atoms with Gasteiger partial charge >= 0.3 is 0 Å². The molecule has 0 aliphatic carbocycles. The number of nitrogens with zero attached hydrogens (tertiary/aromatic N) is 3. The molecule has 0 amide bonds. The quantitative estimate of drug-likeness (QED) is 0.487. The summed E-state index contributed by atoms with van der Waals surface area (Å²) in [6.07, 6.45) is 0. The summed E-state index contributed by atoms with van der Waals surface area (Å²) in [5.74, 6) is 7.95. The number of nitrogen functional groups attached to an aromatic ring is 1. The maximum Gasteiger partial charge on any atom is 0.210 e. The Kier molecular flexibility index (Phi) is 5.85. The zero-order chi connectivity index (χ0) is 18.5. The minimum atomic E-state index is -0.372. The molecule has 3 rings (SSSR count). The van der Waals surface area contributed by atoms with Crippen LogP contribution in [0.5, 0.6) is 11.5 Å². The van der Waals surface area contributed by atoms with E-state index in [1.165, 1.54) is 28.6 Å². The third kappa shape index (κ3) is 4.39. The molecule has 9 heteroatoms. The normalized spacial score (nSPS) is 10.7. The van der Waals surface area contributed by atoms with Crippen molar-refractivity contribution in [2.24, 2.45) is 0 Å². The number of halogens is 2. The molecule has 0 radical (unpaired) electrons. The minimum Gasteiger partial charge on any atom is -0.497 e. The highest BCUT2D eigenvalue weighted by molar-refractivity contribution is 7.98. The summed E-state index contributed by atoms with van der Waals surface area (Å²) in [5.41, 5.74) is 0.787. The summed E-state index contributed by atoms with van der Waals surface area (Å²) in [4.78, 5) is 0. The lowest BCUT2D eigenvalue weighted by Crippen LogP contribution is -2.15. The van der Waals surface area contributed by atoms with Crippen LogP contribution in [0.2, 0.25) is 5.02 Å². The van der Waals surface area contributed by atoms with Crippen molar-refractivity contribution in [3.63, 3.8) is 0 Å². The first-order valence-corrected chi connectivity index (χ1v) is 8.96. The summed E-state index contributed by atoms with van der Waals surface area (Å²) in [6, 6.07) is 11.5. The summed E-state index contributed by atoms with van der Waals surface area (Å²) in [7, 11) is 1.59. The SMILES string of the molecule is COc1cccc(OCc2nnc(SCc3ccc(F)cc3Cl)n2N)c1. The van der Waals surface area contributed by atoms with Crippen LogP contribution in [-0.2, 0) is 12.4 Å². The fourth-order valence-electron chi connectivity index (χ4n) is 2.12. The molecular weight excluding hydrogens is 379 g/mol. The van der Waals surface area contributed by atoms with Gasteiger partial charge in [0.25, 0.3) is 0 Å². The van der Waals surface area contributed by atoms with Gasteiger partial charge in [-0.3, -0.25) is 0 Å². The van der Waals surface area contributed by atoms with Crippen LogP contribution in [0.1, 0.15) is 11.4 Å². The first-order valence-electron chi connectivity index (χ1n) is 7.60. The van der Waals surface area contributed by atoms with Crippen molar-refractivity contribution in [1.82, 2.24) is 14.9 Å². The molecule has 0 spiro atoms. The number of ether oxygens (including phenoxy) is 2. The van der Waals surface area contributed by atoms with Crippen LogP contribution in [0.4, 0.5) is 4.39 Å². The Morgan fingerprint density at radius 2 is 2.00 bits per heavy atom. The van der Waals surface area contributed by atoms with Gasteiger partial charge in [0, 0.05) is 16.8 Å². The number of hydrogen-bond donors (Lipinski definition) is 1. The largest absolute Gasteiger partial charge is 0.497 e. The molecule has 3 aromatic rings. The van der Waals surface area contributed by atoms with E-state index in [4.69, 9.17) is 26.9 Å². The van der Waals surface area contributed by atoms with Gasteiger partial charge in [-0.1, -0.05) is 35.5 Å². The number of hydrogen-bond acceptors (Lipinski definition) is 6. The lowest BCUT2D eigenvalue weighted by atomic mass is 10.2. The van der Waals surface area contributed by atoms with Crippen molar-refractivity contribution < 1.29 is 13.9 Å². The van der Waals surface area contributed by atoms with Gasteiger partial charge in [-0.25, -0.2) is 9.07 Å². The molecule has 2 N–H and O–H groups in total. The van der Waals surface area contributed by atoms with Crippen LogP contribution in [0.3, 0.4) is 0 Å². The van der Waals surface area contributed by atoms with Gasteiger partial charge in [-0.2, -0.15) is 0 Å². The standard InChI is InChI=1S/C17H16ClFN4O2S/c1-24-13-3-2-4-14(8-13)25-9-16-21-22-17(23(16)20)26-10-11-5-6-12(19)7-15(11)18/h2-8H,9-10,20H2,1H3. The van der Waals surface area contributed by atoms with Gasteiger partial charge in [0.15, 0.2) is 5.82 Å². The molecule has 0 saturated heterocycles. The summed E-state index contributed by atoms with van der Waals surface area (Å²) < 4.78 is 25.3. The Balaban J connectivity index is 1.62. The van der Waals surface area contributed by atoms with E-state index >= 15 is 0 Å². The summed E-state index contributed by atoms with van der Waals surface area (Å²) >= 11 is 7.38. The van der Waals surface area contributed by atoms with Gasteiger partial charge in [-0.15, -0.1) is 10.2 Å². The Morgan fingerprint density at radius 3 is 2.77 bits per heavy atom. The predicted molar refractivity (Wildman–Crippen MR) is 98.5 cm³/mol. The zero-order valence-electron chi connectivity index (χ0n) is 13.9. The van der Waals surface area contributed by atoms with Crippen molar-refractivity contribution in [3.8, 4) is 11.5 Å². The minimum absolute atomic E-state index is 0.161. The second-order valence-electron chi connectivity index (χ2n) is 5.26. The molecule has 0 aliphatic rings. The Bertz CT molecular complexity index is 906. The summed E-state index contributed by atoms with van der Waals surface area (Å²) in [5, 5.41) is 8.97. The van der Waals surface area contributed by atoms with Gasteiger partial charge in [0.1, 0.15) is 23.9 Å². The van der Waals surface area contributed by atoms with Gasteiger partial charge in [0.05, 0.1) is 7.11 Å². The number of methoxy groups -OCH3 is 1. The molecule has 0 bridgehead atoms. The third-order valence-electron chi connectivity index (χ3n) is 3.52. The van der Waals surface area contributed by atoms with E-state index in [-0.39, 0.29) is 12.4 Å². The van der Waals surface area contributed by atoms with Gasteiger partial charge in [0.2, 0.25) is 5.16 Å². The van der Waals surface area contributed by atoms with E-state index in [0.717, 1.165) is 5.56 Å². The highest BCUT2D eigenvalue weighted by atomic mass is 35.5. The first kappa shape index (κ1) is 18.3. The average Bonchev–Trinajstić information content (AvgIpc) is 2.99. The third-order valence-corrected chi connectivity index (χ3v) is 4.86. The van der Waals surface area contributed by atoms with Crippen LogP contribution in [0.15, 0.2) is 47.6 Å². The van der Waals surface area contributed by atoms with Crippen LogP contribution >= 0.6 is 23.4 Å². The molecule has 0 unspecified atom stereocenters. The number of benzene rings is 2. The monoisotopic (exact) mass is 394 g/mol.